The van der Waals surface area contributed by atoms with E-state index in [-0.39, 0.29) is 11.3 Å². The smallest absolute Gasteiger partial charge is 0.263 e. The third-order valence-electron chi connectivity index (χ3n) is 4.44. The molecule has 1 aliphatic rings. The van der Waals surface area contributed by atoms with E-state index >= 15 is 0 Å². The van der Waals surface area contributed by atoms with Crippen LogP contribution in [0.4, 0.5) is 0 Å². The molecule has 0 atom stereocenters. The van der Waals surface area contributed by atoms with Crippen LogP contribution in [0, 0.1) is 19.3 Å². The van der Waals surface area contributed by atoms with Crippen molar-refractivity contribution in [2.45, 2.75) is 33.6 Å². The highest BCUT2D eigenvalue weighted by Gasteiger charge is 2.28. The fourth-order valence-electron chi connectivity index (χ4n) is 2.84. The van der Waals surface area contributed by atoms with E-state index < -0.39 is 0 Å². The summed E-state index contributed by atoms with van der Waals surface area (Å²) in [6, 6.07) is 3.80. The normalized spacial score (nSPS) is 17.2. The second-order valence-electron chi connectivity index (χ2n) is 6.59. The number of rotatable bonds is 4. The lowest BCUT2D eigenvalue weighted by Gasteiger charge is -2.34. The molecule has 0 spiro atoms. The van der Waals surface area contributed by atoms with Gasteiger partial charge in [0.05, 0.1) is 5.69 Å². The van der Waals surface area contributed by atoms with E-state index in [0.717, 1.165) is 48.2 Å². The number of amides is 1. The van der Waals surface area contributed by atoms with Crippen molar-refractivity contribution in [3.63, 3.8) is 0 Å². The molecule has 23 heavy (non-hydrogen) atoms. The summed E-state index contributed by atoms with van der Waals surface area (Å²) in [7, 11) is 0. The van der Waals surface area contributed by atoms with Crippen molar-refractivity contribution in [2.24, 2.45) is 5.41 Å². The summed E-state index contributed by atoms with van der Waals surface area (Å²) >= 11 is 1.39. The summed E-state index contributed by atoms with van der Waals surface area (Å²) in [4.78, 5) is 17.7. The molecule has 1 saturated heterocycles. The number of hydrogen-bond acceptors (Lipinski definition) is 5. The molecule has 1 amide bonds. The van der Waals surface area contributed by atoms with E-state index in [0.29, 0.717) is 11.4 Å². The van der Waals surface area contributed by atoms with Gasteiger partial charge in [0.15, 0.2) is 10.8 Å². The van der Waals surface area contributed by atoms with Crippen molar-refractivity contribution < 1.29 is 9.21 Å². The van der Waals surface area contributed by atoms with Gasteiger partial charge in [-0.05, 0) is 57.3 Å². The fraction of sp³-hybridized carbons (Fsp3) is 0.529. The van der Waals surface area contributed by atoms with Gasteiger partial charge in [0.2, 0.25) is 0 Å². The van der Waals surface area contributed by atoms with E-state index in [4.69, 9.17) is 4.42 Å². The van der Waals surface area contributed by atoms with Gasteiger partial charge in [-0.15, -0.1) is 11.3 Å². The minimum atomic E-state index is -0.0331. The van der Waals surface area contributed by atoms with Crippen molar-refractivity contribution >= 4 is 17.2 Å². The predicted molar refractivity (Wildman–Crippen MR) is 91.8 cm³/mol. The van der Waals surface area contributed by atoms with Crippen molar-refractivity contribution in [3.05, 3.63) is 28.5 Å². The van der Waals surface area contributed by atoms with Crippen LogP contribution in [0.15, 0.2) is 16.5 Å². The lowest BCUT2D eigenvalue weighted by Crippen LogP contribution is -2.42. The Kier molecular flexibility index (Phi) is 4.55. The Balaban J connectivity index is 1.69. The first kappa shape index (κ1) is 16.2. The van der Waals surface area contributed by atoms with Gasteiger partial charge < -0.3 is 15.1 Å². The first-order valence-corrected chi connectivity index (χ1v) is 8.82. The highest BCUT2D eigenvalue weighted by Crippen LogP contribution is 2.30. The molecule has 0 radical (unpaired) electrons. The van der Waals surface area contributed by atoms with Crippen molar-refractivity contribution in [2.75, 3.05) is 19.6 Å². The minimum Gasteiger partial charge on any atom is -0.459 e. The van der Waals surface area contributed by atoms with E-state index in [2.05, 4.69) is 22.5 Å². The summed E-state index contributed by atoms with van der Waals surface area (Å²) in [5, 5.41) is 7.21. The van der Waals surface area contributed by atoms with Crippen molar-refractivity contribution in [1.29, 1.82) is 0 Å². The van der Waals surface area contributed by atoms with Gasteiger partial charge in [-0.25, -0.2) is 4.98 Å². The molecule has 2 aromatic heterocycles. The third kappa shape index (κ3) is 3.64. The Hall–Kier alpha value is -1.66. The second kappa shape index (κ2) is 6.45. The molecule has 6 heteroatoms. The Morgan fingerprint density at radius 1 is 1.39 bits per heavy atom. The molecule has 0 aliphatic carbocycles. The molecule has 0 unspecified atom stereocenters. The number of carbonyl (C=O) groups is 1. The monoisotopic (exact) mass is 333 g/mol. The Morgan fingerprint density at radius 2 is 2.13 bits per heavy atom. The lowest BCUT2D eigenvalue weighted by atomic mass is 9.81. The average Bonchev–Trinajstić information content (AvgIpc) is 3.12. The Morgan fingerprint density at radius 3 is 2.78 bits per heavy atom. The third-order valence-corrected chi connectivity index (χ3v) is 5.61. The quantitative estimate of drug-likeness (QED) is 0.902. The molecule has 3 rings (SSSR count). The zero-order valence-electron chi connectivity index (χ0n) is 13.9. The molecule has 0 bridgehead atoms. The van der Waals surface area contributed by atoms with Crippen LogP contribution in [-0.4, -0.2) is 30.5 Å². The number of aryl methyl sites for hydroxylation is 2. The topological polar surface area (TPSA) is 67.2 Å². The Labute approximate surface area is 140 Å². The zero-order chi connectivity index (χ0) is 16.4. The number of furan rings is 1. The number of carbonyl (C=O) groups excluding carboxylic acids is 1. The molecule has 1 aliphatic heterocycles. The number of nitrogens with one attached hydrogen (secondary N) is 2. The Bertz CT molecular complexity index is 699. The van der Waals surface area contributed by atoms with Crippen LogP contribution in [0.2, 0.25) is 0 Å². The number of hydrogen-bond donors (Lipinski definition) is 2. The largest absolute Gasteiger partial charge is 0.459 e. The molecule has 3 heterocycles. The van der Waals surface area contributed by atoms with Crippen LogP contribution in [0.1, 0.15) is 40.9 Å². The van der Waals surface area contributed by atoms with E-state index in [9.17, 15) is 4.79 Å². The lowest BCUT2D eigenvalue weighted by molar-refractivity contribution is 0.0925. The van der Waals surface area contributed by atoms with Gasteiger partial charge in [0.1, 0.15) is 10.6 Å². The van der Waals surface area contributed by atoms with Gasteiger partial charge in [0.25, 0.3) is 5.91 Å². The SMILES string of the molecule is Cc1ccc(-c2nc(C)c(C(=O)NCC3(C)CCNCC3)s2)o1. The van der Waals surface area contributed by atoms with Crippen LogP contribution >= 0.6 is 11.3 Å². The maximum absolute atomic E-state index is 12.5. The van der Waals surface area contributed by atoms with Crippen LogP contribution < -0.4 is 10.6 Å². The van der Waals surface area contributed by atoms with E-state index in [1.165, 1.54) is 11.3 Å². The maximum atomic E-state index is 12.5. The second-order valence-corrected chi connectivity index (χ2v) is 7.59. The number of thiazole rings is 1. The maximum Gasteiger partial charge on any atom is 0.263 e. The van der Waals surface area contributed by atoms with Crippen LogP contribution in [0.25, 0.3) is 10.8 Å². The number of aromatic nitrogens is 1. The van der Waals surface area contributed by atoms with Gasteiger partial charge in [-0.3, -0.25) is 4.79 Å². The first-order valence-electron chi connectivity index (χ1n) is 8.00. The predicted octanol–water partition coefficient (Wildman–Crippen LogP) is 3.14. The number of piperidine rings is 1. The van der Waals surface area contributed by atoms with Crippen LogP contribution in [-0.2, 0) is 0 Å². The first-order chi connectivity index (χ1) is 11.0. The van der Waals surface area contributed by atoms with Gasteiger partial charge in [-0.1, -0.05) is 6.92 Å². The number of nitrogens with zero attached hydrogens (tertiary/aromatic N) is 1. The standard InChI is InChI=1S/C17H23N3O2S/c1-11-4-5-13(22-11)16-20-12(2)14(23-16)15(21)19-10-17(3)6-8-18-9-7-17/h4-5,18H,6-10H2,1-3H3,(H,19,21). The molecule has 2 N–H and O–H groups in total. The summed E-state index contributed by atoms with van der Waals surface area (Å²) < 4.78 is 5.60. The molecule has 5 nitrogen and oxygen atoms in total. The molecule has 2 aromatic rings. The summed E-state index contributed by atoms with van der Waals surface area (Å²) in [5.41, 5.74) is 0.938. The molecular formula is C17H23N3O2S. The molecule has 124 valence electrons. The van der Waals surface area contributed by atoms with Crippen molar-refractivity contribution in [3.8, 4) is 10.8 Å². The highest BCUT2D eigenvalue weighted by molar-refractivity contribution is 7.17. The van der Waals surface area contributed by atoms with Gasteiger partial charge in [0, 0.05) is 6.54 Å². The average molecular weight is 333 g/mol. The van der Waals surface area contributed by atoms with Gasteiger partial charge >= 0.3 is 0 Å². The summed E-state index contributed by atoms with van der Waals surface area (Å²) in [5.74, 6) is 1.53. The van der Waals surface area contributed by atoms with E-state index in [1.807, 2.05) is 26.0 Å². The molecule has 0 aromatic carbocycles. The molecule has 1 fully saturated rings. The highest BCUT2D eigenvalue weighted by atomic mass is 32.1. The van der Waals surface area contributed by atoms with Crippen LogP contribution in [0.5, 0.6) is 0 Å². The summed E-state index contributed by atoms with van der Waals surface area (Å²) in [6.07, 6.45) is 2.18. The fourth-order valence-corrected chi connectivity index (χ4v) is 3.79. The van der Waals surface area contributed by atoms with E-state index in [1.54, 1.807) is 0 Å². The summed E-state index contributed by atoms with van der Waals surface area (Å²) in [6.45, 7) is 8.76. The van der Waals surface area contributed by atoms with Crippen LogP contribution in [0.3, 0.4) is 0 Å². The minimum absolute atomic E-state index is 0.0331. The zero-order valence-corrected chi connectivity index (χ0v) is 14.7. The molecular weight excluding hydrogens is 310 g/mol. The van der Waals surface area contributed by atoms with Gasteiger partial charge in [-0.2, -0.15) is 0 Å². The molecule has 0 saturated carbocycles. The van der Waals surface area contributed by atoms with Crippen molar-refractivity contribution in [1.82, 2.24) is 15.6 Å².